The van der Waals surface area contributed by atoms with E-state index in [1.807, 2.05) is 47.4 Å². The van der Waals surface area contributed by atoms with Crippen molar-refractivity contribution in [2.45, 2.75) is 31.7 Å². The van der Waals surface area contributed by atoms with E-state index in [4.69, 9.17) is 4.42 Å². The van der Waals surface area contributed by atoms with Gasteiger partial charge in [-0.2, -0.15) is 0 Å². The van der Waals surface area contributed by atoms with Crippen LogP contribution in [0, 0.1) is 0 Å². The molecule has 0 spiro atoms. The largest absolute Gasteiger partial charge is 0.451 e. The van der Waals surface area contributed by atoms with Crippen molar-refractivity contribution in [3.8, 4) is 0 Å². The van der Waals surface area contributed by atoms with Gasteiger partial charge in [-0.15, -0.1) is 0 Å². The first kappa shape index (κ1) is 14.9. The maximum atomic E-state index is 13.1. The third-order valence-corrected chi connectivity index (χ3v) is 4.74. The van der Waals surface area contributed by atoms with Gasteiger partial charge in [0.05, 0.1) is 6.04 Å². The minimum Gasteiger partial charge on any atom is -0.451 e. The Morgan fingerprint density at radius 3 is 2.75 bits per heavy atom. The molecule has 1 amide bonds. The molecular weight excluding hydrogens is 300 g/mol. The number of amides is 1. The Morgan fingerprint density at radius 1 is 1.08 bits per heavy atom. The fourth-order valence-corrected chi connectivity index (χ4v) is 3.51. The summed E-state index contributed by atoms with van der Waals surface area (Å²) in [7, 11) is 0. The maximum Gasteiger partial charge on any atom is 0.290 e. The molecule has 0 aliphatic carbocycles. The van der Waals surface area contributed by atoms with E-state index < -0.39 is 0 Å². The SMILES string of the molecule is O=C(c1cc2ccccc2o1)N1CCCCC[C@@H]1c1ccncc1. The van der Waals surface area contributed by atoms with Crippen LogP contribution in [-0.2, 0) is 0 Å². The molecule has 3 heterocycles. The van der Waals surface area contributed by atoms with E-state index in [1.165, 1.54) is 0 Å². The minimum atomic E-state index is -0.0186. The molecule has 4 nitrogen and oxygen atoms in total. The van der Waals surface area contributed by atoms with Crippen molar-refractivity contribution in [2.75, 3.05) is 6.54 Å². The quantitative estimate of drug-likeness (QED) is 0.694. The summed E-state index contributed by atoms with van der Waals surface area (Å²) >= 11 is 0. The molecule has 1 saturated heterocycles. The van der Waals surface area contributed by atoms with Crippen molar-refractivity contribution in [3.63, 3.8) is 0 Å². The van der Waals surface area contributed by atoms with Gasteiger partial charge >= 0.3 is 0 Å². The number of fused-ring (bicyclic) bond motifs is 1. The average molecular weight is 320 g/mol. The smallest absolute Gasteiger partial charge is 0.290 e. The molecule has 1 atom stereocenters. The number of carbonyl (C=O) groups excluding carboxylic acids is 1. The van der Waals surface area contributed by atoms with Crippen molar-refractivity contribution in [2.24, 2.45) is 0 Å². The van der Waals surface area contributed by atoms with Gasteiger partial charge in [0.15, 0.2) is 5.76 Å². The lowest BCUT2D eigenvalue weighted by Gasteiger charge is -2.29. The van der Waals surface area contributed by atoms with Gasteiger partial charge in [0, 0.05) is 24.3 Å². The molecule has 3 aromatic rings. The number of rotatable bonds is 2. The normalized spacial score (nSPS) is 18.5. The van der Waals surface area contributed by atoms with Crippen molar-refractivity contribution in [1.82, 2.24) is 9.88 Å². The molecular formula is C20H20N2O2. The van der Waals surface area contributed by atoms with Crippen molar-refractivity contribution in [3.05, 3.63) is 66.2 Å². The highest BCUT2D eigenvalue weighted by atomic mass is 16.3. The number of furan rings is 1. The summed E-state index contributed by atoms with van der Waals surface area (Å²) in [6, 6.07) is 13.7. The van der Waals surface area contributed by atoms with Crippen LogP contribution in [0.15, 0.2) is 59.3 Å². The number of pyridine rings is 1. The molecule has 1 fully saturated rings. The number of carbonyl (C=O) groups is 1. The number of aromatic nitrogens is 1. The van der Waals surface area contributed by atoms with Gasteiger partial charge in [0.1, 0.15) is 5.58 Å². The third-order valence-electron chi connectivity index (χ3n) is 4.74. The molecule has 1 aliphatic heterocycles. The summed E-state index contributed by atoms with van der Waals surface area (Å²) < 4.78 is 5.80. The van der Waals surface area contributed by atoms with Gasteiger partial charge in [-0.25, -0.2) is 0 Å². The van der Waals surface area contributed by atoms with Gasteiger partial charge in [0.25, 0.3) is 5.91 Å². The van der Waals surface area contributed by atoms with Crippen LogP contribution in [0.4, 0.5) is 0 Å². The Labute approximate surface area is 141 Å². The van der Waals surface area contributed by atoms with E-state index >= 15 is 0 Å². The number of nitrogens with zero attached hydrogens (tertiary/aromatic N) is 2. The first-order valence-corrected chi connectivity index (χ1v) is 8.52. The van der Waals surface area contributed by atoms with Crippen LogP contribution >= 0.6 is 0 Å². The van der Waals surface area contributed by atoms with Crippen LogP contribution in [0.3, 0.4) is 0 Å². The zero-order valence-corrected chi connectivity index (χ0v) is 13.5. The molecule has 0 bridgehead atoms. The summed E-state index contributed by atoms with van der Waals surface area (Å²) in [5.74, 6) is 0.409. The molecule has 1 aliphatic rings. The zero-order valence-electron chi connectivity index (χ0n) is 13.5. The lowest BCUT2D eigenvalue weighted by molar-refractivity contribution is 0.0650. The van der Waals surface area contributed by atoms with Crippen LogP contribution < -0.4 is 0 Å². The second-order valence-corrected chi connectivity index (χ2v) is 6.29. The average Bonchev–Trinajstić information content (AvgIpc) is 2.91. The molecule has 0 radical (unpaired) electrons. The molecule has 0 N–H and O–H groups in total. The molecule has 4 heteroatoms. The van der Waals surface area contributed by atoms with Crippen molar-refractivity contribution in [1.29, 1.82) is 0 Å². The predicted molar refractivity (Wildman–Crippen MR) is 92.7 cm³/mol. The van der Waals surface area contributed by atoms with E-state index in [2.05, 4.69) is 4.98 Å². The Kier molecular flexibility index (Phi) is 4.03. The van der Waals surface area contributed by atoms with Crippen molar-refractivity contribution < 1.29 is 9.21 Å². The minimum absolute atomic E-state index is 0.0186. The van der Waals surface area contributed by atoms with Crippen LogP contribution in [-0.4, -0.2) is 22.3 Å². The Hall–Kier alpha value is -2.62. The number of para-hydroxylation sites is 1. The van der Waals surface area contributed by atoms with E-state index in [9.17, 15) is 4.79 Å². The lowest BCUT2D eigenvalue weighted by atomic mass is 10.0. The molecule has 1 aromatic carbocycles. The van der Waals surface area contributed by atoms with Gasteiger partial charge < -0.3 is 9.32 Å². The summed E-state index contributed by atoms with van der Waals surface area (Å²) in [6.45, 7) is 0.767. The van der Waals surface area contributed by atoms with Crippen LogP contribution in [0.2, 0.25) is 0 Å². The monoisotopic (exact) mass is 320 g/mol. The van der Waals surface area contributed by atoms with E-state index in [-0.39, 0.29) is 11.9 Å². The molecule has 24 heavy (non-hydrogen) atoms. The molecule has 0 saturated carbocycles. The number of benzene rings is 1. The van der Waals surface area contributed by atoms with Crippen LogP contribution in [0.5, 0.6) is 0 Å². The fraction of sp³-hybridized carbons (Fsp3) is 0.300. The number of hydrogen-bond acceptors (Lipinski definition) is 3. The van der Waals surface area contributed by atoms with E-state index in [1.54, 1.807) is 12.4 Å². The lowest BCUT2D eigenvalue weighted by Crippen LogP contribution is -2.34. The maximum absolute atomic E-state index is 13.1. The van der Waals surface area contributed by atoms with E-state index in [0.717, 1.165) is 48.8 Å². The second-order valence-electron chi connectivity index (χ2n) is 6.29. The van der Waals surface area contributed by atoms with Crippen LogP contribution in [0.1, 0.15) is 47.8 Å². The van der Waals surface area contributed by atoms with Gasteiger partial charge in [-0.05, 0) is 42.7 Å². The predicted octanol–water partition coefficient (Wildman–Crippen LogP) is 4.59. The van der Waals surface area contributed by atoms with Gasteiger partial charge in [0.2, 0.25) is 0 Å². The highest BCUT2D eigenvalue weighted by molar-refractivity contribution is 5.96. The van der Waals surface area contributed by atoms with Crippen LogP contribution in [0.25, 0.3) is 11.0 Å². The first-order valence-electron chi connectivity index (χ1n) is 8.52. The fourth-order valence-electron chi connectivity index (χ4n) is 3.51. The Bertz CT molecular complexity index is 808. The molecule has 4 rings (SSSR count). The van der Waals surface area contributed by atoms with E-state index in [0.29, 0.717) is 5.76 Å². The highest BCUT2D eigenvalue weighted by Gasteiger charge is 2.29. The summed E-state index contributed by atoms with van der Waals surface area (Å²) in [6.07, 6.45) is 7.90. The second kappa shape index (κ2) is 6.48. The number of likely N-dealkylation sites (tertiary alicyclic amines) is 1. The summed E-state index contributed by atoms with van der Waals surface area (Å²) in [4.78, 5) is 19.2. The molecule has 2 aromatic heterocycles. The van der Waals surface area contributed by atoms with Crippen molar-refractivity contribution >= 4 is 16.9 Å². The Morgan fingerprint density at radius 2 is 1.92 bits per heavy atom. The molecule has 122 valence electrons. The highest BCUT2D eigenvalue weighted by Crippen LogP contribution is 2.32. The standard InChI is InChI=1S/C20H20N2O2/c23-20(19-14-16-6-3-4-8-18(16)24-19)22-13-5-1-2-7-17(22)15-9-11-21-12-10-15/h3-4,6,8-12,14,17H,1-2,5,7,13H2/t17-/m1/s1. The Balaban J connectivity index is 1.69. The third kappa shape index (κ3) is 2.80. The summed E-state index contributed by atoms with van der Waals surface area (Å²) in [5, 5.41) is 0.969. The van der Waals surface area contributed by atoms with Gasteiger partial charge in [-0.1, -0.05) is 31.0 Å². The zero-order chi connectivity index (χ0) is 16.4. The van der Waals surface area contributed by atoms with Gasteiger partial charge in [-0.3, -0.25) is 9.78 Å². The molecule has 0 unspecified atom stereocenters. The first-order chi connectivity index (χ1) is 11.8. The summed E-state index contributed by atoms with van der Waals surface area (Å²) in [5.41, 5.74) is 1.91. The topological polar surface area (TPSA) is 46.3 Å². The number of hydrogen-bond donors (Lipinski definition) is 0.